The van der Waals surface area contributed by atoms with E-state index in [-0.39, 0.29) is 5.78 Å². The van der Waals surface area contributed by atoms with Crippen LogP contribution < -0.4 is 0 Å². The molecule has 0 aliphatic heterocycles. The molecule has 0 spiro atoms. The summed E-state index contributed by atoms with van der Waals surface area (Å²) in [4.78, 5) is 14.2. The summed E-state index contributed by atoms with van der Waals surface area (Å²) >= 11 is 0. The van der Waals surface area contributed by atoms with Gasteiger partial charge in [0.05, 0.1) is 0 Å². The predicted molar refractivity (Wildman–Crippen MR) is 64.6 cm³/mol. The Morgan fingerprint density at radius 3 is 3.12 bits per heavy atom. The number of carbonyl (C=O) groups is 1. The number of hydrogen-bond donors (Lipinski definition) is 0. The maximum atomic E-state index is 11.5. The van der Waals surface area contributed by atoms with Gasteiger partial charge in [0.15, 0.2) is 5.78 Å². The molecule has 0 saturated carbocycles. The Morgan fingerprint density at radius 2 is 2.29 bits per heavy atom. The topological polar surface area (TPSA) is 65.8 Å². The van der Waals surface area contributed by atoms with Crippen molar-refractivity contribution >= 4 is 5.78 Å². The van der Waals surface area contributed by atoms with Gasteiger partial charge in [0, 0.05) is 35.4 Å². The van der Waals surface area contributed by atoms with Gasteiger partial charge in [0.1, 0.15) is 0 Å². The van der Waals surface area contributed by atoms with Crippen molar-refractivity contribution in [1.82, 2.24) is 0 Å². The second-order valence-corrected chi connectivity index (χ2v) is 3.76. The van der Waals surface area contributed by atoms with Crippen molar-refractivity contribution in [3.05, 3.63) is 45.3 Å². The lowest BCUT2D eigenvalue weighted by atomic mass is 10.0. The molecule has 2 rings (SSSR count). The number of azide groups is 1. The number of benzene rings is 1. The van der Waals surface area contributed by atoms with Crippen LogP contribution in [0, 0.1) is 11.8 Å². The third-order valence-corrected chi connectivity index (χ3v) is 2.70. The molecule has 0 atom stereocenters. The van der Waals surface area contributed by atoms with Crippen LogP contribution in [0.5, 0.6) is 0 Å². The van der Waals surface area contributed by atoms with E-state index >= 15 is 0 Å². The van der Waals surface area contributed by atoms with Gasteiger partial charge >= 0.3 is 0 Å². The summed E-state index contributed by atoms with van der Waals surface area (Å²) < 4.78 is 0. The number of ketones is 1. The van der Waals surface area contributed by atoms with Gasteiger partial charge in [0.2, 0.25) is 0 Å². The van der Waals surface area contributed by atoms with Gasteiger partial charge in [-0.25, -0.2) is 0 Å². The van der Waals surface area contributed by atoms with Crippen molar-refractivity contribution < 1.29 is 4.79 Å². The fraction of sp³-hybridized carbons (Fsp3) is 0.308. The molecule has 0 aromatic heterocycles. The molecule has 0 radical (unpaired) electrons. The first-order chi connectivity index (χ1) is 8.33. The van der Waals surface area contributed by atoms with E-state index in [1.165, 1.54) is 0 Å². The molecule has 4 nitrogen and oxygen atoms in total. The van der Waals surface area contributed by atoms with Crippen LogP contribution in [0.25, 0.3) is 10.4 Å². The van der Waals surface area contributed by atoms with Crippen molar-refractivity contribution in [2.24, 2.45) is 5.11 Å². The molecule has 4 heteroatoms. The molecule has 0 amide bonds. The Labute approximate surface area is 99.3 Å². The van der Waals surface area contributed by atoms with Crippen molar-refractivity contribution in [3.63, 3.8) is 0 Å². The van der Waals surface area contributed by atoms with Crippen molar-refractivity contribution in [3.8, 4) is 11.8 Å². The quantitative estimate of drug-likeness (QED) is 0.251. The number of carbonyl (C=O) groups excluding carboxylic acids is 1. The van der Waals surface area contributed by atoms with E-state index in [0.29, 0.717) is 19.4 Å². The van der Waals surface area contributed by atoms with E-state index in [2.05, 4.69) is 21.9 Å². The summed E-state index contributed by atoms with van der Waals surface area (Å²) in [6.45, 7) is 0.386. The highest BCUT2D eigenvalue weighted by atomic mass is 16.1. The Morgan fingerprint density at radius 1 is 1.41 bits per heavy atom. The Balaban J connectivity index is 2.17. The first-order valence-electron chi connectivity index (χ1n) is 5.48. The van der Waals surface area contributed by atoms with Gasteiger partial charge in [-0.3, -0.25) is 4.79 Å². The fourth-order valence-electron chi connectivity index (χ4n) is 1.92. The number of fused-ring (bicyclic) bond motifs is 1. The highest BCUT2D eigenvalue weighted by molar-refractivity contribution is 6.01. The summed E-state index contributed by atoms with van der Waals surface area (Å²) in [7, 11) is 0. The molecule has 0 unspecified atom stereocenters. The standard InChI is InChI=1S/C13H11N3O/c14-16-15-9-2-1-4-10-5-3-6-12-11(10)7-8-13(12)17/h3,5-6H,2,7-9H2. The van der Waals surface area contributed by atoms with Gasteiger partial charge in [-0.2, -0.15) is 0 Å². The van der Waals surface area contributed by atoms with Crippen LogP contribution in [-0.4, -0.2) is 12.3 Å². The van der Waals surface area contributed by atoms with Crippen molar-refractivity contribution in [2.45, 2.75) is 19.3 Å². The van der Waals surface area contributed by atoms with Gasteiger partial charge in [-0.05, 0) is 23.6 Å². The maximum Gasteiger partial charge on any atom is 0.163 e. The van der Waals surface area contributed by atoms with Crippen LogP contribution in [0.15, 0.2) is 23.3 Å². The monoisotopic (exact) mass is 225 g/mol. The molecule has 1 aromatic carbocycles. The lowest BCUT2D eigenvalue weighted by molar-refractivity contribution is 0.0994. The van der Waals surface area contributed by atoms with Gasteiger partial charge in [-0.15, -0.1) is 0 Å². The number of hydrogen-bond acceptors (Lipinski definition) is 2. The molecule has 84 valence electrons. The first kappa shape index (κ1) is 11.3. The molecule has 0 heterocycles. The zero-order valence-electron chi connectivity index (χ0n) is 9.31. The zero-order chi connectivity index (χ0) is 12.1. The number of nitrogens with zero attached hydrogens (tertiary/aromatic N) is 3. The fourth-order valence-corrected chi connectivity index (χ4v) is 1.92. The van der Waals surface area contributed by atoms with E-state index in [1.807, 2.05) is 18.2 Å². The number of Topliss-reactive ketones (excluding diaryl/α,β-unsaturated/α-hetero) is 1. The van der Waals surface area contributed by atoms with E-state index in [0.717, 1.165) is 23.1 Å². The Kier molecular flexibility index (Phi) is 3.44. The summed E-state index contributed by atoms with van der Waals surface area (Å²) in [6.07, 6.45) is 1.92. The molecule has 0 N–H and O–H groups in total. The summed E-state index contributed by atoms with van der Waals surface area (Å²) in [5.41, 5.74) is 10.9. The largest absolute Gasteiger partial charge is 0.294 e. The van der Waals surface area contributed by atoms with E-state index in [9.17, 15) is 4.79 Å². The van der Waals surface area contributed by atoms with Crippen molar-refractivity contribution in [2.75, 3.05) is 6.54 Å². The van der Waals surface area contributed by atoms with Crippen LogP contribution in [-0.2, 0) is 6.42 Å². The van der Waals surface area contributed by atoms with E-state index < -0.39 is 0 Å². The Bertz CT molecular complexity index is 560. The molecule has 1 aliphatic rings. The maximum absolute atomic E-state index is 11.5. The Hall–Kier alpha value is -2.24. The molecule has 0 saturated heterocycles. The second-order valence-electron chi connectivity index (χ2n) is 3.76. The van der Waals surface area contributed by atoms with Crippen LogP contribution in [0.1, 0.15) is 34.3 Å². The molecule has 1 aromatic rings. The lowest BCUT2D eigenvalue weighted by Crippen LogP contribution is -1.92. The molecule has 0 bridgehead atoms. The number of rotatable bonds is 2. The zero-order valence-corrected chi connectivity index (χ0v) is 9.31. The first-order valence-corrected chi connectivity index (χ1v) is 5.48. The molecular weight excluding hydrogens is 214 g/mol. The molecule has 17 heavy (non-hydrogen) atoms. The SMILES string of the molecule is [N-]=[N+]=NCCC#Cc1cccc2c1CCC2=O. The third-order valence-electron chi connectivity index (χ3n) is 2.70. The predicted octanol–water partition coefficient (Wildman–Crippen LogP) is 2.87. The third kappa shape index (κ3) is 2.47. The van der Waals surface area contributed by atoms with Crippen molar-refractivity contribution in [1.29, 1.82) is 0 Å². The average Bonchev–Trinajstić information content (AvgIpc) is 2.72. The van der Waals surface area contributed by atoms with Crippen LogP contribution in [0.2, 0.25) is 0 Å². The second kappa shape index (κ2) is 5.20. The van der Waals surface area contributed by atoms with E-state index in [1.54, 1.807) is 0 Å². The van der Waals surface area contributed by atoms with Gasteiger partial charge in [-0.1, -0.05) is 29.1 Å². The van der Waals surface area contributed by atoms with Crippen LogP contribution in [0.3, 0.4) is 0 Å². The highest BCUT2D eigenvalue weighted by Crippen LogP contribution is 2.24. The minimum Gasteiger partial charge on any atom is -0.294 e. The normalized spacial score (nSPS) is 12.4. The van der Waals surface area contributed by atoms with Gasteiger partial charge < -0.3 is 0 Å². The van der Waals surface area contributed by atoms with Gasteiger partial charge in [0.25, 0.3) is 0 Å². The smallest absolute Gasteiger partial charge is 0.163 e. The molecule has 0 fully saturated rings. The van der Waals surface area contributed by atoms with Crippen LogP contribution in [0.4, 0.5) is 0 Å². The summed E-state index contributed by atoms with van der Waals surface area (Å²) in [5.74, 6) is 6.20. The molecular formula is C13H11N3O. The average molecular weight is 225 g/mol. The highest BCUT2D eigenvalue weighted by Gasteiger charge is 2.20. The minimum atomic E-state index is 0.206. The summed E-state index contributed by atoms with van der Waals surface area (Å²) in [6, 6.07) is 5.65. The van der Waals surface area contributed by atoms with E-state index in [4.69, 9.17) is 5.53 Å². The minimum absolute atomic E-state index is 0.206. The summed E-state index contributed by atoms with van der Waals surface area (Å²) in [5, 5.41) is 3.41. The lowest BCUT2D eigenvalue weighted by Gasteiger charge is -1.99. The van der Waals surface area contributed by atoms with Crippen LogP contribution >= 0.6 is 0 Å². The molecule has 1 aliphatic carbocycles.